The Morgan fingerprint density at radius 1 is 1.29 bits per heavy atom. The maximum atomic E-state index is 5.79. The van der Waals surface area contributed by atoms with Gasteiger partial charge < -0.3 is 4.74 Å². The third kappa shape index (κ3) is 4.24. The molecule has 0 aliphatic carbocycles. The highest BCUT2D eigenvalue weighted by molar-refractivity contribution is 5.48. The SMILES string of the molecule is C(=C/c1ccccc1)/CN1CCO[C@H](Cn2cncn2)C1. The van der Waals surface area contributed by atoms with E-state index in [1.165, 1.54) is 5.56 Å². The molecule has 0 unspecified atom stereocenters. The van der Waals surface area contributed by atoms with Crippen LogP contribution in [0.25, 0.3) is 6.08 Å². The van der Waals surface area contributed by atoms with Gasteiger partial charge in [0, 0.05) is 19.6 Å². The molecule has 1 aromatic heterocycles. The minimum Gasteiger partial charge on any atom is -0.374 e. The minimum atomic E-state index is 0.186. The lowest BCUT2D eigenvalue weighted by Gasteiger charge is -2.32. The Kier molecular flexibility index (Phi) is 4.76. The summed E-state index contributed by atoms with van der Waals surface area (Å²) in [7, 11) is 0. The quantitative estimate of drug-likeness (QED) is 0.838. The predicted octanol–water partition coefficient (Wildman–Crippen LogP) is 1.69. The zero-order valence-corrected chi connectivity index (χ0v) is 12.0. The summed E-state index contributed by atoms with van der Waals surface area (Å²) in [6.07, 6.45) is 7.86. The predicted molar refractivity (Wildman–Crippen MR) is 81.7 cm³/mol. The maximum absolute atomic E-state index is 5.79. The van der Waals surface area contributed by atoms with Crippen molar-refractivity contribution in [3.05, 3.63) is 54.6 Å². The first-order valence-corrected chi connectivity index (χ1v) is 7.28. The fourth-order valence-corrected chi connectivity index (χ4v) is 2.49. The number of morpholine rings is 1. The number of hydrogen-bond donors (Lipinski definition) is 0. The second-order valence-electron chi connectivity index (χ2n) is 5.18. The first-order chi connectivity index (χ1) is 10.4. The van der Waals surface area contributed by atoms with Crippen molar-refractivity contribution in [1.82, 2.24) is 19.7 Å². The number of nitrogens with zero attached hydrogens (tertiary/aromatic N) is 4. The summed E-state index contributed by atoms with van der Waals surface area (Å²) in [4.78, 5) is 6.37. The van der Waals surface area contributed by atoms with Gasteiger partial charge in [-0.1, -0.05) is 42.5 Å². The molecule has 5 nitrogen and oxygen atoms in total. The molecule has 110 valence electrons. The second kappa shape index (κ2) is 7.15. The molecule has 1 aliphatic heterocycles. The van der Waals surface area contributed by atoms with Gasteiger partial charge in [0.2, 0.25) is 0 Å². The van der Waals surface area contributed by atoms with Crippen molar-refractivity contribution in [2.24, 2.45) is 0 Å². The van der Waals surface area contributed by atoms with Crippen LogP contribution in [-0.2, 0) is 11.3 Å². The van der Waals surface area contributed by atoms with Crippen molar-refractivity contribution in [2.75, 3.05) is 26.2 Å². The molecule has 1 atom stereocenters. The van der Waals surface area contributed by atoms with Crippen LogP contribution in [0.4, 0.5) is 0 Å². The zero-order chi connectivity index (χ0) is 14.3. The van der Waals surface area contributed by atoms with Crippen molar-refractivity contribution in [3.8, 4) is 0 Å². The zero-order valence-electron chi connectivity index (χ0n) is 12.0. The largest absolute Gasteiger partial charge is 0.374 e. The van der Waals surface area contributed by atoms with Crippen molar-refractivity contribution < 1.29 is 4.74 Å². The van der Waals surface area contributed by atoms with E-state index in [-0.39, 0.29) is 6.10 Å². The molecule has 1 aliphatic rings. The summed E-state index contributed by atoms with van der Waals surface area (Å²) in [6, 6.07) is 10.4. The maximum Gasteiger partial charge on any atom is 0.137 e. The van der Waals surface area contributed by atoms with E-state index in [0.29, 0.717) is 0 Å². The Hall–Kier alpha value is -1.98. The van der Waals surface area contributed by atoms with Crippen LogP contribution >= 0.6 is 0 Å². The Labute approximate surface area is 124 Å². The third-order valence-electron chi connectivity index (χ3n) is 3.55. The normalized spacial score (nSPS) is 20.1. The molecule has 1 aromatic carbocycles. The average molecular weight is 284 g/mol. The first kappa shape index (κ1) is 14.0. The first-order valence-electron chi connectivity index (χ1n) is 7.28. The van der Waals surface area contributed by atoms with Crippen molar-refractivity contribution in [3.63, 3.8) is 0 Å². The fraction of sp³-hybridized carbons (Fsp3) is 0.375. The summed E-state index contributed by atoms with van der Waals surface area (Å²) in [5.74, 6) is 0. The molecule has 2 heterocycles. The van der Waals surface area contributed by atoms with Crippen LogP contribution in [0.1, 0.15) is 5.56 Å². The smallest absolute Gasteiger partial charge is 0.137 e. The van der Waals surface area contributed by atoms with Gasteiger partial charge in [0.05, 0.1) is 19.3 Å². The molecule has 2 aromatic rings. The van der Waals surface area contributed by atoms with Gasteiger partial charge in [0.25, 0.3) is 0 Å². The lowest BCUT2D eigenvalue weighted by molar-refractivity contribution is -0.0338. The standard InChI is InChI=1S/C16H20N4O/c1-2-5-15(6-3-1)7-4-8-19-9-10-21-16(11-19)12-20-14-17-13-18-20/h1-7,13-14,16H,8-12H2/b7-4-/t16-/m0/s1. The molecular formula is C16H20N4O. The Balaban J connectivity index is 1.48. The monoisotopic (exact) mass is 284 g/mol. The van der Waals surface area contributed by atoms with E-state index in [1.54, 1.807) is 12.7 Å². The highest BCUT2D eigenvalue weighted by atomic mass is 16.5. The average Bonchev–Trinajstić information content (AvgIpc) is 3.02. The van der Waals surface area contributed by atoms with E-state index in [1.807, 2.05) is 10.7 Å². The number of ether oxygens (including phenoxy) is 1. The van der Waals surface area contributed by atoms with Crippen LogP contribution in [-0.4, -0.2) is 52.0 Å². The van der Waals surface area contributed by atoms with Gasteiger partial charge in [-0.25, -0.2) is 4.98 Å². The topological polar surface area (TPSA) is 43.2 Å². The molecule has 5 heteroatoms. The van der Waals surface area contributed by atoms with Crippen LogP contribution < -0.4 is 0 Å². The Bertz CT molecular complexity index is 553. The summed E-state index contributed by atoms with van der Waals surface area (Å²) >= 11 is 0. The van der Waals surface area contributed by atoms with Crippen molar-refractivity contribution in [1.29, 1.82) is 0 Å². The van der Waals surface area contributed by atoms with Crippen LogP contribution in [0.2, 0.25) is 0 Å². The van der Waals surface area contributed by atoms with E-state index in [9.17, 15) is 0 Å². The van der Waals surface area contributed by atoms with Crippen molar-refractivity contribution in [2.45, 2.75) is 12.6 Å². The van der Waals surface area contributed by atoms with Crippen LogP contribution in [0, 0.1) is 0 Å². The second-order valence-corrected chi connectivity index (χ2v) is 5.18. The Morgan fingerprint density at radius 2 is 2.19 bits per heavy atom. The van der Waals surface area contributed by atoms with E-state index >= 15 is 0 Å². The van der Waals surface area contributed by atoms with Gasteiger partial charge in [0.15, 0.2) is 0 Å². The van der Waals surface area contributed by atoms with E-state index in [0.717, 1.165) is 32.8 Å². The fourth-order valence-electron chi connectivity index (χ4n) is 2.49. The summed E-state index contributed by atoms with van der Waals surface area (Å²) in [6.45, 7) is 4.40. The van der Waals surface area contributed by atoms with E-state index in [2.05, 4.69) is 51.4 Å². The van der Waals surface area contributed by atoms with Gasteiger partial charge in [-0.15, -0.1) is 0 Å². The molecule has 1 saturated heterocycles. The van der Waals surface area contributed by atoms with Crippen LogP contribution in [0.3, 0.4) is 0 Å². The van der Waals surface area contributed by atoms with Crippen molar-refractivity contribution >= 4 is 6.08 Å². The molecule has 0 bridgehead atoms. The Morgan fingerprint density at radius 3 is 3.00 bits per heavy atom. The highest BCUT2D eigenvalue weighted by Gasteiger charge is 2.20. The summed E-state index contributed by atoms with van der Waals surface area (Å²) < 4.78 is 7.62. The van der Waals surface area contributed by atoms with Crippen LogP contribution in [0.5, 0.6) is 0 Å². The van der Waals surface area contributed by atoms with Gasteiger partial charge in [-0.3, -0.25) is 9.58 Å². The molecular weight excluding hydrogens is 264 g/mol. The van der Waals surface area contributed by atoms with Crippen LogP contribution in [0.15, 0.2) is 49.1 Å². The third-order valence-corrected chi connectivity index (χ3v) is 3.55. The van der Waals surface area contributed by atoms with Gasteiger partial charge in [-0.2, -0.15) is 5.10 Å². The molecule has 0 saturated carbocycles. The molecule has 0 N–H and O–H groups in total. The van der Waals surface area contributed by atoms with Gasteiger partial charge in [-0.05, 0) is 5.56 Å². The number of benzene rings is 1. The van der Waals surface area contributed by atoms with Gasteiger partial charge >= 0.3 is 0 Å². The number of rotatable bonds is 5. The number of hydrogen-bond acceptors (Lipinski definition) is 4. The van der Waals surface area contributed by atoms with E-state index < -0.39 is 0 Å². The molecule has 3 rings (SSSR count). The molecule has 1 fully saturated rings. The molecule has 0 radical (unpaired) electrons. The van der Waals surface area contributed by atoms with Gasteiger partial charge in [0.1, 0.15) is 12.7 Å². The highest BCUT2D eigenvalue weighted by Crippen LogP contribution is 2.08. The molecule has 21 heavy (non-hydrogen) atoms. The summed E-state index contributed by atoms with van der Waals surface area (Å²) in [5, 5.41) is 4.13. The lowest BCUT2D eigenvalue weighted by atomic mass is 10.2. The van der Waals surface area contributed by atoms with E-state index in [4.69, 9.17) is 4.74 Å². The minimum absolute atomic E-state index is 0.186. The summed E-state index contributed by atoms with van der Waals surface area (Å²) in [5.41, 5.74) is 1.24. The molecule has 0 amide bonds. The molecule has 0 spiro atoms. The lowest BCUT2D eigenvalue weighted by Crippen LogP contribution is -2.44. The number of aromatic nitrogens is 3.